The average molecular weight is 279 g/mol. The summed E-state index contributed by atoms with van der Waals surface area (Å²) >= 11 is 0. The van der Waals surface area contributed by atoms with Crippen LogP contribution in [0.2, 0.25) is 0 Å². The molecule has 0 aliphatic carbocycles. The van der Waals surface area contributed by atoms with Crippen molar-refractivity contribution in [1.82, 2.24) is 5.32 Å². The molecule has 6 heteroatoms. The monoisotopic (exact) mass is 279 g/mol. The largest absolute Gasteiger partial charge is 0.483 e. The Kier molecular flexibility index (Phi) is 5.99. The molecule has 1 aromatic carbocycles. The molecular formula is C14H21N3O3. The highest BCUT2D eigenvalue weighted by Crippen LogP contribution is 2.16. The van der Waals surface area contributed by atoms with E-state index in [0.29, 0.717) is 12.3 Å². The molecule has 1 aromatic rings. The highest BCUT2D eigenvalue weighted by Gasteiger charge is 2.21. The summed E-state index contributed by atoms with van der Waals surface area (Å²) in [5.41, 5.74) is 11.6. The molecule has 1 rings (SSSR count). The molecule has 110 valence electrons. The summed E-state index contributed by atoms with van der Waals surface area (Å²) in [6.45, 7) is 3.75. The maximum Gasteiger partial charge on any atom is 0.258 e. The zero-order valence-corrected chi connectivity index (χ0v) is 11.8. The summed E-state index contributed by atoms with van der Waals surface area (Å²) in [6, 6.07) is 6.51. The SMILES string of the molecule is CC(C)C(NC(=O)COc1ccccc1CN)C(N)=O. The Morgan fingerprint density at radius 2 is 1.95 bits per heavy atom. The van der Waals surface area contributed by atoms with Gasteiger partial charge < -0.3 is 21.5 Å². The van der Waals surface area contributed by atoms with Gasteiger partial charge >= 0.3 is 0 Å². The molecule has 0 bridgehead atoms. The fourth-order valence-corrected chi connectivity index (χ4v) is 1.74. The van der Waals surface area contributed by atoms with Gasteiger partial charge in [-0.3, -0.25) is 9.59 Å². The zero-order chi connectivity index (χ0) is 15.1. The summed E-state index contributed by atoms with van der Waals surface area (Å²) < 4.78 is 5.41. The van der Waals surface area contributed by atoms with Crippen LogP contribution in [0, 0.1) is 5.92 Å². The van der Waals surface area contributed by atoms with Gasteiger partial charge in [-0.25, -0.2) is 0 Å². The molecule has 0 aliphatic heterocycles. The molecule has 0 heterocycles. The van der Waals surface area contributed by atoms with Crippen LogP contribution in [0.4, 0.5) is 0 Å². The molecule has 0 aromatic heterocycles. The van der Waals surface area contributed by atoms with Crippen LogP contribution in [0.25, 0.3) is 0 Å². The Morgan fingerprint density at radius 1 is 1.30 bits per heavy atom. The lowest BCUT2D eigenvalue weighted by Gasteiger charge is -2.19. The first-order chi connectivity index (χ1) is 9.45. The summed E-state index contributed by atoms with van der Waals surface area (Å²) in [5.74, 6) is -0.469. The van der Waals surface area contributed by atoms with E-state index in [1.165, 1.54) is 0 Å². The Balaban J connectivity index is 2.57. The van der Waals surface area contributed by atoms with Crippen LogP contribution in [-0.4, -0.2) is 24.5 Å². The third-order valence-corrected chi connectivity index (χ3v) is 2.84. The Hall–Kier alpha value is -2.08. The first kappa shape index (κ1) is 16.0. The van der Waals surface area contributed by atoms with Crippen LogP contribution in [0.3, 0.4) is 0 Å². The van der Waals surface area contributed by atoms with Gasteiger partial charge in [-0.2, -0.15) is 0 Å². The van der Waals surface area contributed by atoms with E-state index in [-0.39, 0.29) is 12.5 Å². The average Bonchev–Trinajstić information content (AvgIpc) is 2.42. The van der Waals surface area contributed by atoms with Crippen molar-refractivity contribution < 1.29 is 14.3 Å². The van der Waals surface area contributed by atoms with Gasteiger partial charge in [0.1, 0.15) is 11.8 Å². The Bertz CT molecular complexity index is 474. The van der Waals surface area contributed by atoms with E-state index >= 15 is 0 Å². The number of nitrogens with one attached hydrogen (secondary N) is 1. The van der Waals surface area contributed by atoms with E-state index in [9.17, 15) is 9.59 Å². The number of hydrogen-bond donors (Lipinski definition) is 3. The molecule has 1 unspecified atom stereocenters. The van der Waals surface area contributed by atoms with Crippen molar-refractivity contribution in [2.75, 3.05) is 6.61 Å². The second-order valence-corrected chi connectivity index (χ2v) is 4.79. The fraction of sp³-hybridized carbons (Fsp3) is 0.429. The smallest absolute Gasteiger partial charge is 0.258 e. The number of rotatable bonds is 7. The zero-order valence-electron chi connectivity index (χ0n) is 11.8. The summed E-state index contributed by atoms with van der Waals surface area (Å²) in [4.78, 5) is 23.0. The van der Waals surface area contributed by atoms with E-state index in [1.807, 2.05) is 12.1 Å². The fourth-order valence-electron chi connectivity index (χ4n) is 1.74. The minimum Gasteiger partial charge on any atom is -0.483 e. The lowest BCUT2D eigenvalue weighted by atomic mass is 10.0. The number of para-hydroxylation sites is 1. The van der Waals surface area contributed by atoms with Gasteiger partial charge in [-0.1, -0.05) is 32.0 Å². The first-order valence-corrected chi connectivity index (χ1v) is 6.45. The second-order valence-electron chi connectivity index (χ2n) is 4.79. The lowest BCUT2D eigenvalue weighted by Crippen LogP contribution is -2.49. The van der Waals surface area contributed by atoms with Gasteiger partial charge in [0.25, 0.3) is 5.91 Å². The van der Waals surface area contributed by atoms with Crippen molar-refractivity contribution >= 4 is 11.8 Å². The molecule has 0 radical (unpaired) electrons. The Labute approximate surface area is 118 Å². The maximum absolute atomic E-state index is 11.8. The molecule has 5 N–H and O–H groups in total. The molecule has 0 aliphatic rings. The number of amides is 2. The van der Waals surface area contributed by atoms with Crippen molar-refractivity contribution in [2.24, 2.45) is 17.4 Å². The number of carbonyl (C=O) groups excluding carboxylic acids is 2. The molecule has 20 heavy (non-hydrogen) atoms. The first-order valence-electron chi connectivity index (χ1n) is 6.45. The van der Waals surface area contributed by atoms with E-state index in [0.717, 1.165) is 5.56 Å². The number of carbonyl (C=O) groups is 2. The van der Waals surface area contributed by atoms with Crippen molar-refractivity contribution in [3.8, 4) is 5.75 Å². The highest BCUT2D eigenvalue weighted by atomic mass is 16.5. The van der Waals surface area contributed by atoms with Crippen LogP contribution in [0.5, 0.6) is 5.75 Å². The standard InChI is InChI=1S/C14H21N3O3/c1-9(2)13(14(16)19)17-12(18)8-20-11-6-4-3-5-10(11)7-15/h3-6,9,13H,7-8,15H2,1-2H3,(H2,16,19)(H,17,18). The number of ether oxygens (including phenoxy) is 1. The van der Waals surface area contributed by atoms with Gasteiger partial charge in [0.2, 0.25) is 5.91 Å². The van der Waals surface area contributed by atoms with E-state index in [2.05, 4.69) is 5.32 Å². The van der Waals surface area contributed by atoms with E-state index in [1.54, 1.807) is 26.0 Å². The number of benzene rings is 1. The van der Waals surface area contributed by atoms with Gasteiger partial charge in [0.05, 0.1) is 0 Å². The molecule has 0 fully saturated rings. The molecule has 6 nitrogen and oxygen atoms in total. The predicted octanol–water partition coefficient (Wildman–Crippen LogP) is 0.150. The summed E-state index contributed by atoms with van der Waals surface area (Å²) in [6.07, 6.45) is 0. The molecular weight excluding hydrogens is 258 g/mol. The van der Waals surface area contributed by atoms with Crippen LogP contribution in [0.15, 0.2) is 24.3 Å². The normalized spacial score (nSPS) is 12.0. The summed E-state index contributed by atoms with van der Waals surface area (Å²) in [5, 5.41) is 2.55. The number of hydrogen-bond acceptors (Lipinski definition) is 4. The van der Waals surface area contributed by atoms with Crippen molar-refractivity contribution in [3.05, 3.63) is 29.8 Å². The van der Waals surface area contributed by atoms with Crippen molar-refractivity contribution in [2.45, 2.75) is 26.4 Å². The molecule has 0 saturated carbocycles. The number of nitrogens with two attached hydrogens (primary N) is 2. The van der Waals surface area contributed by atoms with Crippen LogP contribution in [-0.2, 0) is 16.1 Å². The van der Waals surface area contributed by atoms with Gasteiger partial charge in [-0.05, 0) is 12.0 Å². The van der Waals surface area contributed by atoms with Crippen molar-refractivity contribution in [1.29, 1.82) is 0 Å². The highest BCUT2D eigenvalue weighted by molar-refractivity contribution is 5.87. The minimum absolute atomic E-state index is 0.0761. The third kappa shape index (κ3) is 4.55. The Morgan fingerprint density at radius 3 is 2.50 bits per heavy atom. The molecule has 0 saturated heterocycles. The molecule has 0 spiro atoms. The predicted molar refractivity (Wildman–Crippen MR) is 75.8 cm³/mol. The van der Waals surface area contributed by atoms with Crippen LogP contribution in [0.1, 0.15) is 19.4 Å². The van der Waals surface area contributed by atoms with E-state index in [4.69, 9.17) is 16.2 Å². The number of primary amides is 1. The van der Waals surface area contributed by atoms with Gasteiger partial charge in [0.15, 0.2) is 6.61 Å². The van der Waals surface area contributed by atoms with Crippen molar-refractivity contribution in [3.63, 3.8) is 0 Å². The molecule has 1 atom stereocenters. The third-order valence-electron chi connectivity index (χ3n) is 2.84. The summed E-state index contributed by atoms with van der Waals surface area (Å²) in [7, 11) is 0. The lowest BCUT2D eigenvalue weighted by molar-refractivity contribution is -0.129. The van der Waals surface area contributed by atoms with E-state index < -0.39 is 17.9 Å². The minimum atomic E-state index is -0.698. The van der Waals surface area contributed by atoms with Gasteiger partial charge in [0, 0.05) is 12.1 Å². The molecule has 2 amide bonds. The van der Waals surface area contributed by atoms with Crippen LogP contribution < -0.4 is 21.5 Å². The van der Waals surface area contributed by atoms with Gasteiger partial charge in [-0.15, -0.1) is 0 Å². The van der Waals surface area contributed by atoms with Crippen LogP contribution >= 0.6 is 0 Å². The second kappa shape index (κ2) is 7.49. The quantitative estimate of drug-likeness (QED) is 0.660. The topological polar surface area (TPSA) is 107 Å². The maximum atomic E-state index is 11.8.